The molecule has 128 valence electrons. The maximum atomic E-state index is 11.9. The third-order valence-electron chi connectivity index (χ3n) is 2.52. The van der Waals surface area contributed by atoms with Crippen LogP contribution in [0.15, 0.2) is 0 Å². The van der Waals surface area contributed by atoms with Crippen molar-refractivity contribution >= 4 is 18.0 Å². The van der Waals surface area contributed by atoms with E-state index in [0.717, 1.165) is 0 Å². The Kier molecular flexibility index (Phi) is 6.41. The molecule has 0 bridgehead atoms. The number of amides is 1. The van der Waals surface area contributed by atoms with Crippen molar-refractivity contribution in [2.45, 2.75) is 59.6 Å². The lowest BCUT2D eigenvalue weighted by Crippen LogP contribution is -2.57. The molecule has 0 rings (SSSR count). The summed E-state index contributed by atoms with van der Waals surface area (Å²) in [6.07, 6.45) is -0.799. The molecule has 0 aliphatic heterocycles. The van der Waals surface area contributed by atoms with Crippen molar-refractivity contribution in [3.63, 3.8) is 0 Å². The molecule has 22 heavy (non-hydrogen) atoms. The van der Waals surface area contributed by atoms with Crippen LogP contribution in [0.2, 0.25) is 0 Å². The second-order valence-corrected chi connectivity index (χ2v) is 7.28. The molecular weight excluding hydrogens is 290 g/mol. The van der Waals surface area contributed by atoms with Gasteiger partial charge in [0.15, 0.2) is 5.54 Å². The van der Waals surface area contributed by atoms with Gasteiger partial charge in [-0.3, -0.25) is 4.79 Å². The lowest BCUT2D eigenvalue weighted by Gasteiger charge is -2.30. The van der Waals surface area contributed by atoms with E-state index in [9.17, 15) is 14.4 Å². The molecular formula is C15H27NO6. The fraction of sp³-hybridized carbons (Fsp3) is 0.800. The van der Waals surface area contributed by atoms with Gasteiger partial charge >= 0.3 is 18.0 Å². The highest BCUT2D eigenvalue weighted by Gasteiger charge is 2.40. The first-order valence-corrected chi connectivity index (χ1v) is 6.98. The summed E-state index contributed by atoms with van der Waals surface area (Å²) in [5.41, 5.74) is -2.97. The lowest BCUT2D eigenvalue weighted by molar-refractivity contribution is -0.161. The Bertz CT molecular complexity index is 432. The van der Waals surface area contributed by atoms with Crippen molar-refractivity contribution in [3.8, 4) is 0 Å². The number of methoxy groups -OCH3 is 1. The van der Waals surface area contributed by atoms with Gasteiger partial charge in [-0.15, -0.1) is 0 Å². The van der Waals surface area contributed by atoms with Gasteiger partial charge in [-0.25, -0.2) is 9.59 Å². The Hall–Kier alpha value is -1.79. The lowest BCUT2D eigenvalue weighted by atomic mass is 9.97. The normalized spacial score (nSPS) is 14.5. The number of nitrogens with one attached hydrogen (secondary N) is 1. The van der Waals surface area contributed by atoms with E-state index >= 15 is 0 Å². The number of ether oxygens (including phenoxy) is 3. The van der Waals surface area contributed by atoms with Gasteiger partial charge in [0.2, 0.25) is 0 Å². The van der Waals surface area contributed by atoms with Crippen LogP contribution in [0.4, 0.5) is 4.79 Å². The van der Waals surface area contributed by atoms with Crippen LogP contribution in [0.1, 0.15) is 48.5 Å². The minimum atomic E-state index is -1.53. The number of rotatable bonds is 4. The summed E-state index contributed by atoms with van der Waals surface area (Å²) in [7, 11) is 1.18. The summed E-state index contributed by atoms with van der Waals surface area (Å²) >= 11 is 0. The third-order valence-corrected chi connectivity index (χ3v) is 2.52. The van der Waals surface area contributed by atoms with Gasteiger partial charge in [-0.2, -0.15) is 0 Å². The average Bonchev–Trinajstić information content (AvgIpc) is 2.31. The summed E-state index contributed by atoms with van der Waals surface area (Å²) < 4.78 is 14.9. The number of carbonyl (C=O) groups is 3. The second-order valence-electron chi connectivity index (χ2n) is 7.28. The monoisotopic (exact) mass is 317 g/mol. The van der Waals surface area contributed by atoms with E-state index in [1.165, 1.54) is 14.0 Å². The fourth-order valence-corrected chi connectivity index (χ4v) is 1.33. The highest BCUT2D eigenvalue weighted by Crippen LogP contribution is 2.18. The number of carbonyl (C=O) groups excluding carboxylic acids is 3. The van der Waals surface area contributed by atoms with E-state index in [4.69, 9.17) is 9.47 Å². The van der Waals surface area contributed by atoms with Crippen LogP contribution in [-0.2, 0) is 23.8 Å². The molecule has 0 aliphatic rings. The molecule has 1 N–H and O–H groups in total. The largest absolute Gasteiger partial charge is 0.467 e. The van der Waals surface area contributed by atoms with Crippen LogP contribution >= 0.6 is 0 Å². The number of alkyl carbamates (subject to hydrolysis) is 1. The van der Waals surface area contributed by atoms with Crippen molar-refractivity contribution in [2.75, 3.05) is 13.7 Å². The summed E-state index contributed by atoms with van der Waals surface area (Å²) in [5.74, 6) is -1.23. The van der Waals surface area contributed by atoms with E-state index in [1.807, 2.05) is 0 Å². The van der Waals surface area contributed by atoms with Gasteiger partial charge < -0.3 is 19.5 Å². The zero-order valence-electron chi connectivity index (χ0n) is 14.7. The smallest absolute Gasteiger partial charge is 0.408 e. The number of esters is 2. The van der Waals surface area contributed by atoms with Crippen molar-refractivity contribution in [1.29, 1.82) is 0 Å². The molecule has 0 heterocycles. The Morgan fingerprint density at radius 2 is 1.41 bits per heavy atom. The molecule has 0 saturated carbocycles. The molecule has 0 aromatic rings. The van der Waals surface area contributed by atoms with Crippen LogP contribution in [0, 0.1) is 5.41 Å². The second kappa shape index (κ2) is 6.98. The highest BCUT2D eigenvalue weighted by molar-refractivity contribution is 5.86. The third kappa shape index (κ3) is 6.78. The first-order chi connectivity index (χ1) is 9.71. The molecule has 1 amide bonds. The van der Waals surface area contributed by atoms with Crippen LogP contribution in [0.25, 0.3) is 0 Å². The fourth-order valence-electron chi connectivity index (χ4n) is 1.33. The van der Waals surface area contributed by atoms with Crippen molar-refractivity contribution < 1.29 is 28.6 Å². The van der Waals surface area contributed by atoms with E-state index in [0.29, 0.717) is 0 Å². The maximum Gasteiger partial charge on any atom is 0.408 e. The molecule has 7 heteroatoms. The van der Waals surface area contributed by atoms with E-state index in [1.54, 1.807) is 41.5 Å². The van der Waals surface area contributed by atoms with E-state index in [-0.39, 0.29) is 6.61 Å². The summed E-state index contributed by atoms with van der Waals surface area (Å²) in [4.78, 5) is 35.6. The molecule has 1 atom stereocenters. The minimum absolute atomic E-state index is 0.352. The molecule has 0 aliphatic carbocycles. The molecule has 0 aromatic heterocycles. The van der Waals surface area contributed by atoms with E-state index in [2.05, 4.69) is 10.1 Å². The Morgan fingerprint density at radius 3 is 1.77 bits per heavy atom. The van der Waals surface area contributed by atoms with Crippen molar-refractivity contribution in [3.05, 3.63) is 0 Å². The van der Waals surface area contributed by atoms with Crippen molar-refractivity contribution in [2.24, 2.45) is 5.41 Å². The molecule has 0 radical (unpaired) electrons. The highest BCUT2D eigenvalue weighted by atomic mass is 16.6. The van der Waals surface area contributed by atoms with Gasteiger partial charge in [0.1, 0.15) is 12.2 Å². The predicted molar refractivity (Wildman–Crippen MR) is 80.2 cm³/mol. The zero-order valence-corrected chi connectivity index (χ0v) is 14.7. The Morgan fingerprint density at radius 1 is 0.909 bits per heavy atom. The standard InChI is InChI=1S/C15H27NO6/c1-13(2,3)10(17)21-9-15(7,11(18)20-8)16-12(19)22-14(4,5)6/h9H2,1-8H3,(H,16,19)/t15-/m0/s1. The van der Waals surface area contributed by atoms with Gasteiger partial charge in [0.25, 0.3) is 0 Å². The molecule has 7 nitrogen and oxygen atoms in total. The molecule has 0 saturated heterocycles. The first-order valence-electron chi connectivity index (χ1n) is 6.98. The zero-order chi connectivity index (χ0) is 17.8. The van der Waals surface area contributed by atoms with Gasteiger partial charge in [-0.1, -0.05) is 0 Å². The van der Waals surface area contributed by atoms with Gasteiger partial charge in [-0.05, 0) is 48.5 Å². The average molecular weight is 317 g/mol. The maximum absolute atomic E-state index is 11.9. The molecule has 0 fully saturated rings. The molecule has 0 spiro atoms. The number of hydrogen-bond donors (Lipinski definition) is 1. The van der Waals surface area contributed by atoms with Crippen LogP contribution < -0.4 is 5.32 Å². The van der Waals surface area contributed by atoms with Crippen LogP contribution in [-0.4, -0.2) is 42.9 Å². The molecule has 0 unspecified atom stereocenters. The van der Waals surface area contributed by atoms with Crippen LogP contribution in [0.5, 0.6) is 0 Å². The van der Waals surface area contributed by atoms with Crippen LogP contribution in [0.3, 0.4) is 0 Å². The Labute approximate surface area is 131 Å². The van der Waals surface area contributed by atoms with Crippen molar-refractivity contribution in [1.82, 2.24) is 5.32 Å². The van der Waals surface area contributed by atoms with E-state index < -0.39 is 34.6 Å². The number of hydrogen-bond acceptors (Lipinski definition) is 6. The summed E-state index contributed by atoms with van der Waals surface area (Å²) in [6, 6.07) is 0. The van der Waals surface area contributed by atoms with Gasteiger partial charge in [0.05, 0.1) is 12.5 Å². The Balaban J connectivity index is 4.99. The molecule has 0 aromatic carbocycles. The SMILES string of the molecule is COC(=O)[C@](C)(COC(=O)C(C)(C)C)NC(=O)OC(C)(C)C. The minimum Gasteiger partial charge on any atom is -0.467 e. The summed E-state index contributed by atoms with van der Waals surface area (Å²) in [6.45, 7) is 11.2. The quantitative estimate of drug-likeness (QED) is 0.630. The predicted octanol–water partition coefficient (Wildman–Crippen LogP) is 2.03. The summed E-state index contributed by atoms with van der Waals surface area (Å²) in [5, 5.41) is 2.39. The van der Waals surface area contributed by atoms with Gasteiger partial charge in [0, 0.05) is 0 Å². The first kappa shape index (κ1) is 20.2. The topological polar surface area (TPSA) is 90.9 Å².